The Morgan fingerprint density at radius 2 is 2.12 bits per heavy atom. The van der Waals surface area contributed by atoms with E-state index < -0.39 is 0 Å². The van der Waals surface area contributed by atoms with Gasteiger partial charge in [-0.25, -0.2) is 0 Å². The van der Waals surface area contributed by atoms with Crippen molar-refractivity contribution in [3.63, 3.8) is 0 Å². The van der Waals surface area contributed by atoms with E-state index in [2.05, 4.69) is 37.2 Å². The minimum atomic E-state index is 0.894. The van der Waals surface area contributed by atoms with Gasteiger partial charge in [0.1, 0.15) is 11.5 Å². The first-order valence-electron chi connectivity index (χ1n) is 6.14. The van der Waals surface area contributed by atoms with Gasteiger partial charge in [-0.1, -0.05) is 13.8 Å². The summed E-state index contributed by atoms with van der Waals surface area (Å²) in [5, 5.41) is 3.40. The second-order valence-corrected chi connectivity index (χ2v) is 4.30. The molecule has 0 radical (unpaired) electrons. The molecule has 92 valence electrons. The molecule has 1 aromatic heterocycles. The Morgan fingerprint density at radius 3 is 2.75 bits per heavy atom. The van der Waals surface area contributed by atoms with E-state index in [1.54, 1.807) is 0 Å². The molecule has 3 nitrogen and oxygen atoms in total. The third-order valence-electron chi connectivity index (χ3n) is 2.78. The fourth-order valence-corrected chi connectivity index (χ4v) is 1.62. The van der Waals surface area contributed by atoms with Gasteiger partial charge in [0.05, 0.1) is 6.54 Å². The van der Waals surface area contributed by atoms with Crippen molar-refractivity contribution in [2.45, 2.75) is 40.3 Å². The highest BCUT2D eigenvalue weighted by Crippen LogP contribution is 2.15. The van der Waals surface area contributed by atoms with Crippen LogP contribution in [0.15, 0.2) is 10.5 Å². The molecule has 0 bridgehead atoms. The molecule has 3 heteroatoms. The number of furan rings is 1. The number of hydrogen-bond donors (Lipinski definition) is 1. The first kappa shape index (κ1) is 13.3. The summed E-state index contributed by atoms with van der Waals surface area (Å²) < 4.78 is 5.74. The molecule has 0 fully saturated rings. The standard InChI is InChI=1S/C13H24N2O/c1-5-7-14-9-12-8-13(16-11(12)3)10-15(4)6-2/h8,14H,5-7,9-10H2,1-4H3. The second-order valence-electron chi connectivity index (χ2n) is 4.30. The number of rotatable bonds is 7. The highest BCUT2D eigenvalue weighted by Gasteiger charge is 2.08. The lowest BCUT2D eigenvalue weighted by atomic mass is 10.2. The number of aryl methyl sites for hydroxylation is 1. The molecule has 0 atom stereocenters. The van der Waals surface area contributed by atoms with E-state index >= 15 is 0 Å². The fraction of sp³-hybridized carbons (Fsp3) is 0.692. The molecule has 16 heavy (non-hydrogen) atoms. The summed E-state index contributed by atoms with van der Waals surface area (Å²) in [7, 11) is 2.10. The molecule has 0 aliphatic heterocycles. The van der Waals surface area contributed by atoms with Gasteiger partial charge in [0.25, 0.3) is 0 Å². The molecule has 0 aliphatic rings. The maximum atomic E-state index is 5.74. The predicted octanol–water partition coefficient (Wildman–Crippen LogP) is 2.54. The van der Waals surface area contributed by atoms with Crippen molar-refractivity contribution in [3.8, 4) is 0 Å². The molecular weight excluding hydrogens is 200 g/mol. The summed E-state index contributed by atoms with van der Waals surface area (Å²) in [6.07, 6.45) is 1.17. The Morgan fingerprint density at radius 1 is 1.38 bits per heavy atom. The van der Waals surface area contributed by atoms with Crippen LogP contribution in [-0.4, -0.2) is 25.0 Å². The summed E-state index contributed by atoms with van der Waals surface area (Å²) in [4.78, 5) is 2.24. The van der Waals surface area contributed by atoms with Gasteiger partial charge in [-0.3, -0.25) is 4.90 Å². The number of nitrogens with one attached hydrogen (secondary N) is 1. The number of hydrogen-bond acceptors (Lipinski definition) is 3. The monoisotopic (exact) mass is 224 g/mol. The van der Waals surface area contributed by atoms with Crippen molar-refractivity contribution in [1.29, 1.82) is 0 Å². The van der Waals surface area contributed by atoms with E-state index in [9.17, 15) is 0 Å². The smallest absolute Gasteiger partial charge is 0.118 e. The van der Waals surface area contributed by atoms with Crippen LogP contribution in [0.1, 0.15) is 37.4 Å². The van der Waals surface area contributed by atoms with Gasteiger partial charge >= 0.3 is 0 Å². The molecule has 1 aromatic rings. The molecule has 1 N–H and O–H groups in total. The second kappa shape index (κ2) is 6.71. The largest absolute Gasteiger partial charge is 0.465 e. The maximum absolute atomic E-state index is 5.74. The highest BCUT2D eigenvalue weighted by atomic mass is 16.3. The first-order chi connectivity index (χ1) is 7.67. The Hall–Kier alpha value is -0.800. The van der Waals surface area contributed by atoms with Gasteiger partial charge in [0.15, 0.2) is 0 Å². The number of nitrogens with zero attached hydrogens (tertiary/aromatic N) is 1. The maximum Gasteiger partial charge on any atom is 0.118 e. The Kier molecular flexibility index (Phi) is 5.56. The zero-order chi connectivity index (χ0) is 12.0. The van der Waals surface area contributed by atoms with Crippen LogP contribution in [0.2, 0.25) is 0 Å². The quantitative estimate of drug-likeness (QED) is 0.721. The van der Waals surface area contributed by atoms with Crippen molar-refractivity contribution < 1.29 is 4.42 Å². The van der Waals surface area contributed by atoms with Crippen LogP contribution in [0.4, 0.5) is 0 Å². The lowest BCUT2D eigenvalue weighted by Crippen LogP contribution is -2.16. The zero-order valence-electron chi connectivity index (χ0n) is 11.0. The third kappa shape index (κ3) is 3.99. The average Bonchev–Trinajstić information content (AvgIpc) is 2.59. The van der Waals surface area contributed by atoms with Crippen molar-refractivity contribution >= 4 is 0 Å². The molecule has 1 heterocycles. The van der Waals surface area contributed by atoms with Crippen molar-refractivity contribution in [2.75, 3.05) is 20.1 Å². The van der Waals surface area contributed by atoms with Crippen LogP contribution in [-0.2, 0) is 13.1 Å². The van der Waals surface area contributed by atoms with E-state index in [1.165, 1.54) is 12.0 Å². The van der Waals surface area contributed by atoms with Crippen LogP contribution < -0.4 is 5.32 Å². The van der Waals surface area contributed by atoms with Crippen LogP contribution in [0.5, 0.6) is 0 Å². The molecule has 0 saturated heterocycles. The SMILES string of the molecule is CCCNCc1cc(CN(C)CC)oc1C. The van der Waals surface area contributed by atoms with Crippen LogP contribution >= 0.6 is 0 Å². The molecule has 0 amide bonds. The molecule has 1 rings (SSSR count). The van der Waals surface area contributed by atoms with Gasteiger partial charge in [-0.2, -0.15) is 0 Å². The Labute approximate surface area is 98.8 Å². The van der Waals surface area contributed by atoms with Crippen molar-refractivity contribution in [3.05, 3.63) is 23.2 Å². The fourth-order valence-electron chi connectivity index (χ4n) is 1.62. The normalized spacial score (nSPS) is 11.3. The van der Waals surface area contributed by atoms with E-state index in [0.29, 0.717) is 0 Å². The van der Waals surface area contributed by atoms with Gasteiger partial charge in [-0.05, 0) is 39.5 Å². The summed E-state index contributed by atoms with van der Waals surface area (Å²) in [5.74, 6) is 2.11. The Bertz CT molecular complexity index is 307. The molecule has 0 unspecified atom stereocenters. The lowest BCUT2D eigenvalue weighted by Gasteiger charge is -2.10. The highest BCUT2D eigenvalue weighted by molar-refractivity contribution is 5.20. The lowest BCUT2D eigenvalue weighted by molar-refractivity contribution is 0.306. The molecule has 0 spiro atoms. The summed E-state index contributed by atoms with van der Waals surface area (Å²) in [6.45, 7) is 10.3. The summed E-state index contributed by atoms with van der Waals surface area (Å²) in [5.41, 5.74) is 1.29. The minimum absolute atomic E-state index is 0.894. The van der Waals surface area contributed by atoms with Crippen molar-refractivity contribution in [1.82, 2.24) is 10.2 Å². The third-order valence-corrected chi connectivity index (χ3v) is 2.78. The van der Waals surface area contributed by atoms with Gasteiger partial charge < -0.3 is 9.73 Å². The van der Waals surface area contributed by atoms with Crippen LogP contribution in [0.25, 0.3) is 0 Å². The zero-order valence-corrected chi connectivity index (χ0v) is 11.0. The summed E-state index contributed by atoms with van der Waals surface area (Å²) in [6, 6.07) is 2.17. The van der Waals surface area contributed by atoms with Gasteiger partial charge in [0, 0.05) is 12.1 Å². The average molecular weight is 224 g/mol. The van der Waals surface area contributed by atoms with E-state index in [4.69, 9.17) is 4.42 Å². The van der Waals surface area contributed by atoms with E-state index in [0.717, 1.165) is 37.7 Å². The predicted molar refractivity (Wildman–Crippen MR) is 67.5 cm³/mol. The van der Waals surface area contributed by atoms with Crippen molar-refractivity contribution in [2.24, 2.45) is 0 Å². The van der Waals surface area contributed by atoms with E-state index in [1.807, 2.05) is 6.92 Å². The van der Waals surface area contributed by atoms with Crippen LogP contribution in [0, 0.1) is 6.92 Å². The van der Waals surface area contributed by atoms with E-state index in [-0.39, 0.29) is 0 Å². The minimum Gasteiger partial charge on any atom is -0.465 e. The molecule has 0 saturated carbocycles. The molecule has 0 aliphatic carbocycles. The molecule has 0 aromatic carbocycles. The first-order valence-corrected chi connectivity index (χ1v) is 6.14. The van der Waals surface area contributed by atoms with Gasteiger partial charge in [-0.15, -0.1) is 0 Å². The van der Waals surface area contributed by atoms with Crippen LogP contribution in [0.3, 0.4) is 0 Å². The topological polar surface area (TPSA) is 28.4 Å². The van der Waals surface area contributed by atoms with Gasteiger partial charge in [0.2, 0.25) is 0 Å². The summed E-state index contributed by atoms with van der Waals surface area (Å²) >= 11 is 0. The molecular formula is C13H24N2O. The Balaban J connectivity index is 2.52.